The summed E-state index contributed by atoms with van der Waals surface area (Å²) in [5, 5.41) is 13.2. The molecule has 10 heteroatoms. The summed E-state index contributed by atoms with van der Waals surface area (Å²) in [6.07, 6.45) is -0.428. The first-order chi connectivity index (χ1) is 10.2. The second-order valence-corrected chi connectivity index (χ2v) is 4.70. The van der Waals surface area contributed by atoms with Gasteiger partial charge >= 0.3 is 5.97 Å². The highest BCUT2D eigenvalue weighted by molar-refractivity contribution is 5.93. The van der Waals surface area contributed by atoms with Gasteiger partial charge in [0.1, 0.15) is 12.3 Å². The molecule has 22 heavy (non-hydrogen) atoms. The van der Waals surface area contributed by atoms with Gasteiger partial charge in [-0.1, -0.05) is 0 Å². The number of carboxylic acid groups (broad SMARTS) is 1. The van der Waals surface area contributed by atoms with Crippen molar-refractivity contribution in [3.05, 3.63) is 0 Å². The fraction of sp³-hybridized carbons (Fsp3) is 0.583. The van der Waals surface area contributed by atoms with E-state index in [0.29, 0.717) is 6.29 Å². The third-order valence-electron chi connectivity index (χ3n) is 2.62. The van der Waals surface area contributed by atoms with Crippen LogP contribution in [0.2, 0.25) is 0 Å². The normalized spacial score (nSPS) is 14.3. The molecule has 0 rings (SSSR count). The lowest BCUT2D eigenvalue weighted by atomic mass is 10.1. The van der Waals surface area contributed by atoms with Gasteiger partial charge in [-0.25, -0.2) is 0 Å². The van der Waals surface area contributed by atoms with Gasteiger partial charge in [0, 0.05) is 6.42 Å². The lowest BCUT2D eigenvalue weighted by Gasteiger charge is -2.20. The Kier molecular flexibility index (Phi) is 8.38. The van der Waals surface area contributed by atoms with E-state index in [1.165, 1.54) is 6.92 Å². The second-order valence-electron chi connectivity index (χ2n) is 4.70. The highest BCUT2D eigenvalue weighted by Crippen LogP contribution is 1.99. The summed E-state index contributed by atoms with van der Waals surface area (Å²) in [5.41, 5.74) is 10.3. The van der Waals surface area contributed by atoms with E-state index in [4.69, 9.17) is 16.6 Å². The van der Waals surface area contributed by atoms with Crippen molar-refractivity contribution in [2.45, 2.75) is 44.3 Å². The Balaban J connectivity index is 4.79. The zero-order valence-corrected chi connectivity index (χ0v) is 12.1. The zero-order valence-electron chi connectivity index (χ0n) is 12.1. The summed E-state index contributed by atoms with van der Waals surface area (Å²) in [6.45, 7) is 1.37. The standard InChI is InChI=1S/C12H20N4O6/c1-6(13)11(21)16-8(4-10(19)20)12(22)15-7(5-17)2-3-9(14)18/h5-8H,2-4,13H2,1H3,(H2,14,18)(H,15,22)(H,16,21)(H,19,20)/t6-,7-,8-/m0/s1. The van der Waals surface area contributed by atoms with Crippen LogP contribution in [0.15, 0.2) is 0 Å². The van der Waals surface area contributed by atoms with Crippen molar-refractivity contribution >= 4 is 30.0 Å². The molecule has 10 nitrogen and oxygen atoms in total. The first-order valence-electron chi connectivity index (χ1n) is 6.49. The molecule has 0 aromatic rings. The molecule has 0 bridgehead atoms. The summed E-state index contributed by atoms with van der Waals surface area (Å²) in [4.78, 5) is 55.6. The molecule has 0 saturated heterocycles. The van der Waals surface area contributed by atoms with Crippen LogP contribution < -0.4 is 22.1 Å². The van der Waals surface area contributed by atoms with E-state index in [0.717, 1.165) is 0 Å². The first kappa shape index (κ1) is 19.5. The fourth-order valence-electron chi connectivity index (χ4n) is 1.44. The van der Waals surface area contributed by atoms with E-state index in [9.17, 15) is 24.0 Å². The van der Waals surface area contributed by atoms with E-state index in [2.05, 4.69) is 10.6 Å². The Bertz CT molecular complexity index is 451. The zero-order chi connectivity index (χ0) is 17.3. The van der Waals surface area contributed by atoms with Crippen molar-refractivity contribution in [1.82, 2.24) is 10.6 Å². The number of carboxylic acids is 1. The molecular formula is C12H20N4O6. The first-order valence-corrected chi connectivity index (χ1v) is 6.49. The van der Waals surface area contributed by atoms with Gasteiger partial charge in [-0.05, 0) is 13.3 Å². The minimum atomic E-state index is -1.38. The van der Waals surface area contributed by atoms with Gasteiger partial charge in [-0.3, -0.25) is 19.2 Å². The molecule has 3 amide bonds. The lowest BCUT2D eigenvalue weighted by Crippen LogP contribution is -2.53. The largest absolute Gasteiger partial charge is 0.481 e. The summed E-state index contributed by atoms with van der Waals surface area (Å²) >= 11 is 0. The molecular weight excluding hydrogens is 296 g/mol. The quantitative estimate of drug-likeness (QED) is 0.270. The Morgan fingerprint density at radius 2 is 1.77 bits per heavy atom. The maximum Gasteiger partial charge on any atom is 0.305 e. The molecule has 124 valence electrons. The van der Waals surface area contributed by atoms with Crippen LogP contribution >= 0.6 is 0 Å². The Morgan fingerprint density at radius 1 is 1.18 bits per heavy atom. The Labute approximate surface area is 126 Å². The van der Waals surface area contributed by atoms with Gasteiger partial charge in [-0.15, -0.1) is 0 Å². The van der Waals surface area contributed by atoms with Gasteiger partial charge in [0.05, 0.1) is 18.5 Å². The average Bonchev–Trinajstić information content (AvgIpc) is 2.41. The number of hydrogen-bond donors (Lipinski definition) is 5. The Morgan fingerprint density at radius 3 is 2.18 bits per heavy atom. The molecule has 3 atom stereocenters. The minimum Gasteiger partial charge on any atom is -0.481 e. The number of primary amides is 1. The number of amides is 3. The van der Waals surface area contributed by atoms with Crippen LogP contribution in [0.25, 0.3) is 0 Å². The van der Waals surface area contributed by atoms with Gasteiger partial charge in [0.2, 0.25) is 17.7 Å². The van der Waals surface area contributed by atoms with E-state index in [-0.39, 0.29) is 12.8 Å². The molecule has 0 spiro atoms. The van der Waals surface area contributed by atoms with Crippen molar-refractivity contribution in [3.63, 3.8) is 0 Å². The number of aliphatic carboxylic acids is 1. The maximum atomic E-state index is 11.9. The lowest BCUT2D eigenvalue weighted by molar-refractivity contribution is -0.140. The van der Waals surface area contributed by atoms with Crippen LogP contribution in [-0.2, 0) is 24.0 Å². The van der Waals surface area contributed by atoms with Gasteiger partial charge in [0.25, 0.3) is 0 Å². The molecule has 0 aliphatic rings. The van der Waals surface area contributed by atoms with E-state index in [1.807, 2.05) is 0 Å². The fourth-order valence-corrected chi connectivity index (χ4v) is 1.44. The number of nitrogens with two attached hydrogens (primary N) is 2. The van der Waals surface area contributed by atoms with Gasteiger partial charge in [0.15, 0.2) is 0 Å². The Hall–Kier alpha value is -2.49. The molecule has 7 N–H and O–H groups in total. The number of nitrogens with one attached hydrogen (secondary N) is 2. The van der Waals surface area contributed by atoms with Gasteiger partial charge < -0.3 is 32.0 Å². The molecule has 0 aliphatic heterocycles. The predicted molar refractivity (Wildman–Crippen MR) is 74.3 cm³/mol. The third kappa shape index (κ3) is 7.94. The van der Waals surface area contributed by atoms with Gasteiger partial charge in [-0.2, -0.15) is 0 Å². The molecule has 0 aromatic heterocycles. The highest BCUT2D eigenvalue weighted by atomic mass is 16.4. The predicted octanol–water partition coefficient (Wildman–Crippen LogP) is -2.76. The van der Waals surface area contributed by atoms with Crippen molar-refractivity contribution in [2.75, 3.05) is 0 Å². The molecule has 0 aromatic carbocycles. The average molecular weight is 316 g/mol. The van der Waals surface area contributed by atoms with Crippen molar-refractivity contribution in [2.24, 2.45) is 11.5 Å². The highest BCUT2D eigenvalue weighted by Gasteiger charge is 2.26. The number of hydrogen-bond acceptors (Lipinski definition) is 6. The molecule has 0 unspecified atom stereocenters. The summed E-state index contributed by atoms with van der Waals surface area (Å²) < 4.78 is 0. The van der Waals surface area contributed by atoms with E-state index < -0.39 is 48.2 Å². The summed E-state index contributed by atoms with van der Waals surface area (Å²) in [6, 6.07) is -3.32. The van der Waals surface area contributed by atoms with E-state index in [1.54, 1.807) is 0 Å². The van der Waals surface area contributed by atoms with Crippen LogP contribution in [0.5, 0.6) is 0 Å². The SMILES string of the molecule is C[C@H](N)C(=O)N[C@@H](CC(=O)O)C(=O)N[C@H](C=O)CCC(N)=O. The van der Waals surface area contributed by atoms with Crippen LogP contribution in [-0.4, -0.2) is 53.2 Å². The van der Waals surface area contributed by atoms with Crippen molar-refractivity contribution in [3.8, 4) is 0 Å². The molecule has 0 saturated carbocycles. The van der Waals surface area contributed by atoms with Crippen LogP contribution in [0.4, 0.5) is 0 Å². The summed E-state index contributed by atoms with van der Waals surface area (Å²) in [7, 11) is 0. The topological polar surface area (TPSA) is 182 Å². The number of rotatable bonds is 10. The monoisotopic (exact) mass is 316 g/mol. The van der Waals surface area contributed by atoms with Crippen LogP contribution in [0, 0.1) is 0 Å². The smallest absolute Gasteiger partial charge is 0.305 e. The number of carbonyl (C=O) groups excluding carboxylic acids is 4. The molecule has 0 aliphatic carbocycles. The summed E-state index contributed by atoms with van der Waals surface area (Å²) in [5.74, 6) is -3.53. The molecule has 0 fully saturated rings. The van der Waals surface area contributed by atoms with Crippen molar-refractivity contribution in [1.29, 1.82) is 0 Å². The van der Waals surface area contributed by atoms with Crippen molar-refractivity contribution < 1.29 is 29.1 Å². The maximum absolute atomic E-state index is 11.9. The van der Waals surface area contributed by atoms with Crippen LogP contribution in [0.3, 0.4) is 0 Å². The minimum absolute atomic E-state index is 0.0222. The third-order valence-corrected chi connectivity index (χ3v) is 2.62. The van der Waals surface area contributed by atoms with E-state index >= 15 is 0 Å². The van der Waals surface area contributed by atoms with Crippen LogP contribution in [0.1, 0.15) is 26.2 Å². The molecule has 0 heterocycles. The number of aldehydes is 1. The number of carbonyl (C=O) groups is 5. The second kappa shape index (κ2) is 9.45. The molecule has 0 radical (unpaired) electrons.